The number of anilines is 3. The molecule has 8 aromatic carbocycles. The van der Waals surface area contributed by atoms with Gasteiger partial charge in [-0.15, -0.1) is 21.5 Å². The summed E-state index contributed by atoms with van der Waals surface area (Å²) in [5.41, 5.74) is 8.45. The highest BCUT2D eigenvalue weighted by molar-refractivity contribution is 7.25. The van der Waals surface area contributed by atoms with Crippen molar-refractivity contribution in [1.29, 1.82) is 0 Å². The lowest BCUT2D eigenvalue weighted by atomic mass is 9.96. The monoisotopic (exact) mass is 644 g/mol. The van der Waals surface area contributed by atoms with Crippen LogP contribution in [0.5, 0.6) is 0 Å². The quantitative estimate of drug-likeness (QED) is 0.175. The van der Waals surface area contributed by atoms with Crippen LogP contribution in [0, 0.1) is 0 Å². The molecule has 0 saturated heterocycles. The minimum atomic E-state index is 0.885. The van der Waals surface area contributed by atoms with Crippen molar-refractivity contribution in [3.8, 4) is 16.8 Å². The number of fused-ring (bicyclic) bond motifs is 8. The van der Waals surface area contributed by atoms with Gasteiger partial charge < -0.3 is 4.90 Å². The van der Waals surface area contributed by atoms with Crippen molar-refractivity contribution in [2.45, 2.75) is 0 Å². The van der Waals surface area contributed by atoms with Gasteiger partial charge in [0.1, 0.15) is 11.0 Å². The molecule has 49 heavy (non-hydrogen) atoms. The highest BCUT2D eigenvalue weighted by Crippen LogP contribution is 2.41. The average molecular weight is 645 g/mol. The second kappa shape index (κ2) is 11.2. The van der Waals surface area contributed by atoms with Gasteiger partial charge in [-0.1, -0.05) is 103 Å². The lowest BCUT2D eigenvalue weighted by molar-refractivity contribution is 0.766. The number of nitrogens with zero attached hydrogens (tertiary/aromatic N) is 4. The fourth-order valence-electron chi connectivity index (χ4n) is 7.09. The van der Waals surface area contributed by atoms with Crippen molar-refractivity contribution < 1.29 is 0 Å². The molecule has 0 amide bonds. The Hall–Kier alpha value is -6.30. The standard InChI is InChI=1S/C44H28N4S/c1-3-11-33(12-4-1)47(36-22-24-39-38-16-7-8-17-41(38)49-42(39)28-36)35-15-9-10-30(27-35)31-20-23-37-32(26-31)19-18-29-21-25-40-44(43(29)37)46-48(45-40)34-13-5-2-6-14-34/h1-28H. The minimum Gasteiger partial charge on any atom is -0.310 e. The Morgan fingerprint density at radius 2 is 1.14 bits per heavy atom. The largest absolute Gasteiger partial charge is 0.310 e. The van der Waals surface area contributed by atoms with Crippen molar-refractivity contribution in [1.82, 2.24) is 15.0 Å². The van der Waals surface area contributed by atoms with Crippen molar-refractivity contribution >= 4 is 81.1 Å². The number of para-hydroxylation sites is 2. The van der Waals surface area contributed by atoms with Crippen molar-refractivity contribution in [3.63, 3.8) is 0 Å². The second-order valence-electron chi connectivity index (χ2n) is 12.4. The fourth-order valence-corrected chi connectivity index (χ4v) is 8.22. The molecule has 0 spiro atoms. The number of thiophene rings is 1. The van der Waals surface area contributed by atoms with Gasteiger partial charge in [-0.2, -0.15) is 4.80 Å². The van der Waals surface area contributed by atoms with Crippen molar-refractivity contribution in [2.24, 2.45) is 0 Å². The molecule has 2 aromatic heterocycles. The van der Waals surface area contributed by atoms with Gasteiger partial charge in [0.05, 0.1) is 5.69 Å². The van der Waals surface area contributed by atoms with E-state index in [4.69, 9.17) is 10.2 Å². The number of hydrogen-bond donors (Lipinski definition) is 0. The molecule has 0 aliphatic rings. The third kappa shape index (κ3) is 4.66. The van der Waals surface area contributed by atoms with Gasteiger partial charge in [0.25, 0.3) is 0 Å². The fraction of sp³-hybridized carbons (Fsp3) is 0. The molecule has 0 unspecified atom stereocenters. The van der Waals surface area contributed by atoms with Crippen LogP contribution in [-0.2, 0) is 0 Å². The third-order valence-electron chi connectivity index (χ3n) is 9.41. The van der Waals surface area contributed by atoms with Crippen LogP contribution < -0.4 is 4.90 Å². The van der Waals surface area contributed by atoms with Gasteiger partial charge in [0.2, 0.25) is 0 Å². The normalized spacial score (nSPS) is 11.7. The Kier molecular flexibility index (Phi) is 6.32. The molecule has 0 saturated carbocycles. The molecular weight excluding hydrogens is 617 g/mol. The Balaban J connectivity index is 1.09. The first-order valence-electron chi connectivity index (χ1n) is 16.4. The van der Waals surface area contributed by atoms with E-state index in [9.17, 15) is 0 Å². The lowest BCUT2D eigenvalue weighted by Gasteiger charge is -2.26. The number of aromatic nitrogens is 3. The average Bonchev–Trinajstić information content (AvgIpc) is 3.77. The molecule has 4 nitrogen and oxygen atoms in total. The zero-order valence-electron chi connectivity index (χ0n) is 26.4. The maximum Gasteiger partial charge on any atom is 0.122 e. The van der Waals surface area contributed by atoms with Gasteiger partial charge in [0, 0.05) is 42.6 Å². The van der Waals surface area contributed by atoms with E-state index in [-0.39, 0.29) is 0 Å². The summed E-state index contributed by atoms with van der Waals surface area (Å²) in [5, 5.41) is 17.0. The minimum absolute atomic E-state index is 0.885. The predicted molar refractivity (Wildman–Crippen MR) is 207 cm³/mol. The van der Waals surface area contributed by atoms with Crippen LogP contribution in [0.3, 0.4) is 0 Å². The molecule has 0 fully saturated rings. The maximum atomic E-state index is 4.96. The molecule has 0 aliphatic heterocycles. The summed E-state index contributed by atoms with van der Waals surface area (Å²) in [4.78, 5) is 4.09. The van der Waals surface area contributed by atoms with E-state index < -0.39 is 0 Å². The predicted octanol–water partition coefficient (Wildman–Crippen LogP) is 12.2. The van der Waals surface area contributed by atoms with Crippen molar-refractivity contribution in [2.75, 3.05) is 4.90 Å². The highest BCUT2D eigenvalue weighted by atomic mass is 32.1. The first kappa shape index (κ1) is 27.8. The topological polar surface area (TPSA) is 34.0 Å². The number of hydrogen-bond acceptors (Lipinski definition) is 4. The smallest absolute Gasteiger partial charge is 0.122 e. The molecule has 0 N–H and O–H groups in total. The number of rotatable bonds is 5. The summed E-state index contributed by atoms with van der Waals surface area (Å²) in [6.07, 6.45) is 0. The summed E-state index contributed by atoms with van der Waals surface area (Å²) < 4.78 is 2.60. The van der Waals surface area contributed by atoms with Gasteiger partial charge in [-0.3, -0.25) is 0 Å². The summed E-state index contributed by atoms with van der Waals surface area (Å²) in [7, 11) is 0. The van der Waals surface area contributed by atoms with Gasteiger partial charge in [0.15, 0.2) is 0 Å². The van der Waals surface area contributed by atoms with Crippen LogP contribution >= 0.6 is 11.3 Å². The molecule has 230 valence electrons. The molecule has 0 bridgehead atoms. The van der Waals surface area contributed by atoms with E-state index in [0.29, 0.717) is 0 Å². The van der Waals surface area contributed by atoms with Crippen LogP contribution in [0.15, 0.2) is 170 Å². The van der Waals surface area contributed by atoms with Crippen LogP contribution in [0.1, 0.15) is 0 Å². The lowest BCUT2D eigenvalue weighted by Crippen LogP contribution is -2.09. The second-order valence-corrected chi connectivity index (χ2v) is 13.4. The Morgan fingerprint density at radius 1 is 0.449 bits per heavy atom. The Labute approximate surface area is 286 Å². The molecule has 0 aliphatic carbocycles. The van der Waals surface area contributed by atoms with Gasteiger partial charge >= 0.3 is 0 Å². The zero-order valence-corrected chi connectivity index (χ0v) is 27.2. The molecule has 10 rings (SSSR count). The first-order chi connectivity index (χ1) is 24.3. The highest BCUT2D eigenvalue weighted by Gasteiger charge is 2.16. The SMILES string of the molecule is c1ccc(N(c2cccc(-c3ccc4c(ccc5ccc6nn(-c7ccccc7)nc6c54)c3)c2)c2ccc3c(c2)sc2ccccc23)cc1. The Morgan fingerprint density at radius 3 is 2.04 bits per heavy atom. The summed E-state index contributed by atoms with van der Waals surface area (Å²) >= 11 is 1.85. The molecule has 5 heteroatoms. The van der Waals surface area contributed by atoms with E-state index >= 15 is 0 Å². The summed E-state index contributed by atoms with van der Waals surface area (Å²) in [6.45, 7) is 0. The summed E-state index contributed by atoms with van der Waals surface area (Å²) in [6, 6.07) is 60.5. The Bertz CT molecular complexity index is 2840. The van der Waals surface area contributed by atoms with E-state index in [1.165, 1.54) is 36.5 Å². The van der Waals surface area contributed by atoms with Gasteiger partial charge in [-0.05, 0) is 94.0 Å². The molecule has 0 atom stereocenters. The van der Waals surface area contributed by atoms with E-state index in [2.05, 4.69) is 144 Å². The van der Waals surface area contributed by atoms with Crippen LogP contribution in [0.2, 0.25) is 0 Å². The van der Waals surface area contributed by atoms with Crippen molar-refractivity contribution in [3.05, 3.63) is 170 Å². The van der Waals surface area contributed by atoms with E-state index in [0.717, 1.165) is 50.1 Å². The third-order valence-corrected chi connectivity index (χ3v) is 10.5. The summed E-state index contributed by atoms with van der Waals surface area (Å²) in [5.74, 6) is 0. The molecule has 2 heterocycles. The molecular formula is C44H28N4S. The molecule has 0 radical (unpaired) electrons. The van der Waals surface area contributed by atoms with Crippen LogP contribution in [0.4, 0.5) is 17.1 Å². The molecule has 10 aromatic rings. The number of benzene rings is 8. The zero-order chi connectivity index (χ0) is 32.3. The van der Waals surface area contributed by atoms with Gasteiger partial charge in [-0.25, -0.2) is 0 Å². The van der Waals surface area contributed by atoms with E-state index in [1.807, 2.05) is 41.7 Å². The van der Waals surface area contributed by atoms with E-state index in [1.54, 1.807) is 4.80 Å². The van der Waals surface area contributed by atoms with Crippen LogP contribution in [-0.4, -0.2) is 15.0 Å². The maximum absolute atomic E-state index is 4.96. The first-order valence-corrected chi connectivity index (χ1v) is 17.2. The van der Waals surface area contributed by atoms with Crippen LogP contribution in [0.25, 0.3) is 69.6 Å².